The second-order valence-electron chi connectivity index (χ2n) is 4.57. The second-order valence-corrected chi connectivity index (χ2v) is 4.57. The minimum atomic E-state index is -0.425. The van der Waals surface area contributed by atoms with Crippen LogP contribution in [0.25, 0.3) is 11.1 Å². The van der Waals surface area contributed by atoms with Crippen molar-refractivity contribution in [2.45, 2.75) is 13.5 Å². The van der Waals surface area contributed by atoms with Crippen LogP contribution in [-0.4, -0.2) is 9.91 Å². The quantitative estimate of drug-likeness (QED) is 0.540. The number of non-ortho nitro benzene ring substituents is 1. The van der Waals surface area contributed by atoms with Gasteiger partial charge in [-0.25, -0.2) is 4.98 Å². The van der Waals surface area contributed by atoms with Gasteiger partial charge in [-0.15, -0.1) is 0 Å². The van der Waals surface area contributed by atoms with Gasteiger partial charge in [0, 0.05) is 25.1 Å². The molecule has 1 heterocycles. The molecule has 0 radical (unpaired) electrons. The molecule has 2 aromatic carbocycles. The maximum absolute atomic E-state index is 10.6. The lowest BCUT2D eigenvalue weighted by atomic mass is 10.2. The number of hydrogen-bond donors (Lipinski definition) is 0. The van der Waals surface area contributed by atoms with E-state index >= 15 is 0 Å². The first-order valence-corrected chi connectivity index (χ1v) is 6.35. The molecular formula is C15H12N2O4. The Morgan fingerprint density at radius 1 is 1.24 bits per heavy atom. The maximum atomic E-state index is 10.6. The molecular weight excluding hydrogens is 272 g/mol. The normalized spacial score (nSPS) is 10.7. The van der Waals surface area contributed by atoms with Crippen molar-refractivity contribution in [1.29, 1.82) is 0 Å². The third kappa shape index (κ3) is 2.84. The number of fused-ring (bicyclic) bond motifs is 1. The summed E-state index contributed by atoms with van der Waals surface area (Å²) in [6, 6.07) is 11.7. The molecule has 1 aromatic heterocycles. The van der Waals surface area contributed by atoms with Crippen LogP contribution in [0.2, 0.25) is 0 Å². The number of nitrogens with zero attached hydrogens (tertiary/aromatic N) is 2. The van der Waals surface area contributed by atoms with Crippen LogP contribution in [-0.2, 0) is 6.61 Å². The first-order chi connectivity index (χ1) is 10.1. The van der Waals surface area contributed by atoms with Crippen molar-refractivity contribution in [3.63, 3.8) is 0 Å². The minimum absolute atomic E-state index is 0.0678. The zero-order valence-electron chi connectivity index (χ0n) is 11.3. The number of nitro benzene ring substituents is 1. The number of oxazole rings is 1. The van der Waals surface area contributed by atoms with Crippen LogP contribution < -0.4 is 4.74 Å². The van der Waals surface area contributed by atoms with Crippen LogP contribution in [0.5, 0.6) is 5.75 Å². The van der Waals surface area contributed by atoms with Crippen LogP contribution >= 0.6 is 0 Å². The van der Waals surface area contributed by atoms with Crippen molar-refractivity contribution < 1.29 is 14.1 Å². The van der Waals surface area contributed by atoms with Crippen molar-refractivity contribution >= 4 is 16.8 Å². The highest BCUT2D eigenvalue weighted by atomic mass is 16.6. The van der Waals surface area contributed by atoms with Crippen LogP contribution in [0, 0.1) is 17.0 Å². The molecule has 3 aromatic rings. The summed E-state index contributed by atoms with van der Waals surface area (Å²) in [5.74, 6) is 1.28. The first kappa shape index (κ1) is 13.1. The summed E-state index contributed by atoms with van der Waals surface area (Å²) in [5, 5.41) is 10.6. The molecule has 0 saturated carbocycles. The summed E-state index contributed by atoms with van der Waals surface area (Å²) in [4.78, 5) is 14.4. The van der Waals surface area contributed by atoms with Crippen LogP contribution in [0.15, 0.2) is 46.9 Å². The number of hydrogen-bond acceptors (Lipinski definition) is 5. The summed E-state index contributed by atoms with van der Waals surface area (Å²) >= 11 is 0. The number of aromatic nitrogens is 1. The molecule has 0 saturated heterocycles. The fraction of sp³-hybridized carbons (Fsp3) is 0.133. The summed E-state index contributed by atoms with van der Waals surface area (Å²) in [5.41, 5.74) is 2.39. The second kappa shape index (κ2) is 5.24. The Bertz CT molecular complexity index is 793. The van der Waals surface area contributed by atoms with Crippen molar-refractivity contribution in [2.24, 2.45) is 0 Å². The topological polar surface area (TPSA) is 78.4 Å². The van der Waals surface area contributed by atoms with Gasteiger partial charge in [0.25, 0.3) is 5.69 Å². The Morgan fingerprint density at radius 2 is 2.00 bits per heavy atom. The number of aryl methyl sites for hydroxylation is 1. The Hall–Kier alpha value is -2.89. The minimum Gasteiger partial charge on any atom is -0.489 e. The van der Waals surface area contributed by atoms with Gasteiger partial charge in [-0.2, -0.15) is 0 Å². The lowest BCUT2D eigenvalue weighted by molar-refractivity contribution is -0.384. The van der Waals surface area contributed by atoms with Gasteiger partial charge >= 0.3 is 0 Å². The number of benzene rings is 2. The molecule has 3 rings (SSSR count). The Labute approximate surface area is 120 Å². The van der Waals surface area contributed by atoms with E-state index in [-0.39, 0.29) is 5.69 Å². The highest BCUT2D eigenvalue weighted by Crippen LogP contribution is 2.22. The van der Waals surface area contributed by atoms with E-state index in [0.717, 1.165) is 16.7 Å². The predicted octanol–water partition coefficient (Wildman–Crippen LogP) is 3.62. The van der Waals surface area contributed by atoms with Crippen LogP contribution in [0.4, 0.5) is 5.69 Å². The molecule has 0 aliphatic heterocycles. The van der Waals surface area contributed by atoms with E-state index < -0.39 is 4.92 Å². The molecule has 0 unspecified atom stereocenters. The highest BCUT2D eigenvalue weighted by Gasteiger charge is 2.06. The number of nitro groups is 1. The number of rotatable bonds is 4. The van der Waals surface area contributed by atoms with Gasteiger partial charge in [-0.3, -0.25) is 10.1 Å². The van der Waals surface area contributed by atoms with Gasteiger partial charge in [-0.1, -0.05) is 0 Å². The zero-order valence-corrected chi connectivity index (χ0v) is 11.3. The molecule has 0 bridgehead atoms. The molecule has 106 valence electrons. The van der Waals surface area contributed by atoms with Crippen LogP contribution in [0.3, 0.4) is 0 Å². The fourth-order valence-corrected chi connectivity index (χ4v) is 1.99. The summed E-state index contributed by atoms with van der Waals surface area (Å²) in [6.07, 6.45) is 0. The van der Waals surface area contributed by atoms with Gasteiger partial charge in [0.15, 0.2) is 11.5 Å². The first-order valence-electron chi connectivity index (χ1n) is 6.35. The van der Waals surface area contributed by atoms with E-state index in [0.29, 0.717) is 18.2 Å². The SMILES string of the molecule is Cc1nc2cc(OCc3ccc([N+](=O)[O-])cc3)ccc2o1. The van der Waals surface area contributed by atoms with Gasteiger partial charge in [0.05, 0.1) is 4.92 Å². The molecule has 0 atom stereocenters. The zero-order chi connectivity index (χ0) is 14.8. The predicted molar refractivity (Wildman–Crippen MR) is 76.2 cm³/mol. The monoisotopic (exact) mass is 284 g/mol. The summed E-state index contributed by atoms with van der Waals surface area (Å²) in [6.45, 7) is 2.12. The highest BCUT2D eigenvalue weighted by molar-refractivity contribution is 5.74. The smallest absolute Gasteiger partial charge is 0.269 e. The molecule has 0 N–H and O–H groups in total. The molecule has 0 aliphatic rings. The third-order valence-corrected chi connectivity index (χ3v) is 3.02. The van der Waals surface area contributed by atoms with Crippen molar-refractivity contribution in [2.75, 3.05) is 0 Å². The van der Waals surface area contributed by atoms with Gasteiger partial charge in [0.1, 0.15) is 17.9 Å². The molecule has 21 heavy (non-hydrogen) atoms. The molecule has 0 aliphatic carbocycles. The Balaban J connectivity index is 1.71. The van der Waals surface area contributed by atoms with Gasteiger partial charge in [0.2, 0.25) is 0 Å². The molecule has 6 nitrogen and oxygen atoms in total. The van der Waals surface area contributed by atoms with E-state index in [1.165, 1.54) is 12.1 Å². The maximum Gasteiger partial charge on any atom is 0.269 e. The van der Waals surface area contributed by atoms with Gasteiger partial charge in [-0.05, 0) is 29.8 Å². The average molecular weight is 284 g/mol. The third-order valence-electron chi connectivity index (χ3n) is 3.02. The van der Waals surface area contributed by atoms with E-state index in [1.807, 2.05) is 0 Å². The average Bonchev–Trinajstić information content (AvgIpc) is 2.84. The standard InChI is InChI=1S/C15H12N2O4/c1-10-16-14-8-13(6-7-15(14)21-10)20-9-11-2-4-12(5-3-11)17(18)19/h2-8H,9H2,1H3. The van der Waals surface area contributed by atoms with Crippen molar-refractivity contribution in [3.8, 4) is 5.75 Å². The summed E-state index contributed by atoms with van der Waals surface area (Å²) in [7, 11) is 0. The van der Waals surface area contributed by atoms with Crippen molar-refractivity contribution in [3.05, 3.63) is 64.0 Å². The van der Waals surface area contributed by atoms with E-state index in [4.69, 9.17) is 9.15 Å². The van der Waals surface area contributed by atoms with Gasteiger partial charge < -0.3 is 9.15 Å². The van der Waals surface area contributed by atoms with Crippen molar-refractivity contribution in [1.82, 2.24) is 4.98 Å². The Kier molecular flexibility index (Phi) is 3.27. The molecule has 6 heteroatoms. The van der Waals surface area contributed by atoms with E-state index in [9.17, 15) is 10.1 Å². The van der Waals surface area contributed by atoms with E-state index in [1.54, 1.807) is 37.3 Å². The van der Waals surface area contributed by atoms with E-state index in [2.05, 4.69) is 4.98 Å². The van der Waals surface area contributed by atoms with Crippen LogP contribution in [0.1, 0.15) is 11.5 Å². The largest absolute Gasteiger partial charge is 0.489 e. The molecule has 0 fully saturated rings. The lowest BCUT2D eigenvalue weighted by Crippen LogP contribution is -1.96. The molecule has 0 spiro atoms. The lowest BCUT2D eigenvalue weighted by Gasteiger charge is -2.05. The Morgan fingerprint density at radius 3 is 2.71 bits per heavy atom. The summed E-state index contributed by atoms with van der Waals surface area (Å²) < 4.78 is 11.0. The fourth-order valence-electron chi connectivity index (χ4n) is 1.99. The molecule has 0 amide bonds. The number of ether oxygens (including phenoxy) is 1.